The van der Waals surface area contributed by atoms with E-state index in [4.69, 9.17) is 4.74 Å². The second kappa shape index (κ2) is 6.76. The van der Waals surface area contributed by atoms with E-state index in [0.29, 0.717) is 11.3 Å². The van der Waals surface area contributed by atoms with Crippen LogP contribution in [-0.4, -0.2) is 29.8 Å². The highest BCUT2D eigenvalue weighted by Crippen LogP contribution is 2.26. The highest BCUT2D eigenvalue weighted by Gasteiger charge is 2.16. The first-order chi connectivity index (χ1) is 10.2. The lowest BCUT2D eigenvalue weighted by molar-refractivity contribution is 0.0915. The van der Waals surface area contributed by atoms with E-state index in [-0.39, 0.29) is 18.3 Å². The molecule has 5 nitrogen and oxygen atoms in total. The summed E-state index contributed by atoms with van der Waals surface area (Å²) >= 11 is 0. The van der Waals surface area contributed by atoms with E-state index in [1.165, 1.54) is 19.2 Å². The normalized spacial score (nSPS) is 11.7. The van der Waals surface area contributed by atoms with E-state index < -0.39 is 6.04 Å². The summed E-state index contributed by atoms with van der Waals surface area (Å²) in [6.45, 7) is -0.210. The first-order valence-electron chi connectivity index (χ1n) is 6.49. The number of hydrogen-bond donors (Lipinski definition) is 3. The van der Waals surface area contributed by atoms with Crippen LogP contribution in [0.15, 0.2) is 48.5 Å². The molecule has 0 aliphatic carbocycles. The van der Waals surface area contributed by atoms with Crippen molar-refractivity contribution < 1.29 is 19.7 Å². The second-order valence-electron chi connectivity index (χ2n) is 4.51. The van der Waals surface area contributed by atoms with Gasteiger partial charge in [-0.2, -0.15) is 0 Å². The Kier molecular flexibility index (Phi) is 4.79. The molecule has 0 aliphatic rings. The zero-order valence-corrected chi connectivity index (χ0v) is 11.6. The number of benzene rings is 2. The lowest BCUT2D eigenvalue weighted by atomic mass is 10.1. The molecule has 0 unspecified atom stereocenters. The summed E-state index contributed by atoms with van der Waals surface area (Å²) in [6, 6.07) is 13.1. The zero-order valence-electron chi connectivity index (χ0n) is 11.6. The minimum Gasteiger partial charge on any atom is -0.504 e. The van der Waals surface area contributed by atoms with E-state index in [0.717, 1.165) is 5.56 Å². The summed E-state index contributed by atoms with van der Waals surface area (Å²) in [5.41, 5.74) is 1.11. The highest BCUT2D eigenvalue weighted by molar-refractivity contribution is 5.95. The van der Waals surface area contributed by atoms with E-state index >= 15 is 0 Å². The quantitative estimate of drug-likeness (QED) is 0.784. The van der Waals surface area contributed by atoms with Crippen LogP contribution in [0.5, 0.6) is 11.5 Å². The molecule has 0 radical (unpaired) electrons. The molecule has 0 heterocycles. The van der Waals surface area contributed by atoms with Gasteiger partial charge >= 0.3 is 0 Å². The van der Waals surface area contributed by atoms with Gasteiger partial charge in [-0.3, -0.25) is 4.79 Å². The minimum absolute atomic E-state index is 0.106. The van der Waals surface area contributed by atoms with Crippen LogP contribution in [0.25, 0.3) is 0 Å². The summed E-state index contributed by atoms with van der Waals surface area (Å²) in [5.74, 6) is -0.186. The molecule has 0 saturated heterocycles. The molecule has 0 bridgehead atoms. The lowest BCUT2D eigenvalue weighted by Gasteiger charge is -2.17. The fraction of sp³-hybridized carbons (Fsp3) is 0.188. The van der Waals surface area contributed by atoms with Crippen LogP contribution in [0.2, 0.25) is 0 Å². The number of phenols is 1. The zero-order chi connectivity index (χ0) is 15.2. The average molecular weight is 287 g/mol. The maximum absolute atomic E-state index is 12.2. The average Bonchev–Trinajstić information content (AvgIpc) is 2.53. The number of amides is 1. The number of rotatable bonds is 5. The minimum atomic E-state index is -0.497. The predicted octanol–water partition coefficient (Wildman–Crippen LogP) is 1.86. The van der Waals surface area contributed by atoms with E-state index in [9.17, 15) is 15.0 Å². The van der Waals surface area contributed by atoms with Crippen LogP contribution in [-0.2, 0) is 0 Å². The van der Waals surface area contributed by atoms with Gasteiger partial charge in [-0.25, -0.2) is 0 Å². The van der Waals surface area contributed by atoms with Crippen LogP contribution in [0, 0.1) is 0 Å². The lowest BCUT2D eigenvalue weighted by Crippen LogP contribution is -2.30. The van der Waals surface area contributed by atoms with Crippen molar-refractivity contribution in [2.75, 3.05) is 13.7 Å². The Bertz CT molecular complexity index is 613. The number of phenolic OH excluding ortho intramolecular Hbond substituents is 1. The molecule has 2 aromatic rings. The topological polar surface area (TPSA) is 78.8 Å². The van der Waals surface area contributed by atoms with Crippen LogP contribution in [0.1, 0.15) is 22.0 Å². The van der Waals surface area contributed by atoms with Gasteiger partial charge in [-0.15, -0.1) is 0 Å². The standard InChI is InChI=1S/C16H17NO4/c1-21-15-8-7-12(9-14(15)19)16(20)17-13(10-18)11-5-3-2-4-6-11/h2-9,13,18-19H,10H2,1H3,(H,17,20)/t13-/m1/s1. The van der Waals surface area contributed by atoms with Gasteiger partial charge in [0.1, 0.15) is 0 Å². The molecule has 0 saturated carbocycles. The van der Waals surface area contributed by atoms with E-state index in [2.05, 4.69) is 5.32 Å². The number of aromatic hydroxyl groups is 1. The maximum atomic E-state index is 12.2. The number of carbonyl (C=O) groups excluding carboxylic acids is 1. The first kappa shape index (κ1) is 14.9. The number of carbonyl (C=O) groups is 1. The van der Waals surface area contributed by atoms with Gasteiger partial charge in [0.25, 0.3) is 5.91 Å². The molecule has 1 amide bonds. The number of aliphatic hydroxyl groups excluding tert-OH is 1. The van der Waals surface area contributed by atoms with Crippen molar-refractivity contribution in [3.8, 4) is 11.5 Å². The maximum Gasteiger partial charge on any atom is 0.251 e. The van der Waals surface area contributed by atoms with Gasteiger partial charge in [-0.05, 0) is 23.8 Å². The number of aliphatic hydroxyl groups is 1. The van der Waals surface area contributed by atoms with Gasteiger partial charge in [0.15, 0.2) is 11.5 Å². The largest absolute Gasteiger partial charge is 0.504 e. The summed E-state index contributed by atoms with van der Waals surface area (Å²) in [6.07, 6.45) is 0. The molecule has 0 fully saturated rings. The third-order valence-corrected chi connectivity index (χ3v) is 3.13. The van der Waals surface area contributed by atoms with Gasteiger partial charge < -0.3 is 20.3 Å². The van der Waals surface area contributed by atoms with E-state index in [1.807, 2.05) is 30.3 Å². The fourth-order valence-electron chi connectivity index (χ4n) is 1.99. The number of hydrogen-bond acceptors (Lipinski definition) is 4. The third kappa shape index (κ3) is 3.52. The Hall–Kier alpha value is -2.53. The Morgan fingerprint density at radius 1 is 1.24 bits per heavy atom. The van der Waals surface area contributed by atoms with Crippen molar-refractivity contribution in [2.24, 2.45) is 0 Å². The second-order valence-corrected chi connectivity index (χ2v) is 4.51. The molecule has 3 N–H and O–H groups in total. The molecule has 0 aliphatic heterocycles. The Labute approximate surface area is 122 Å². The van der Waals surface area contributed by atoms with Crippen LogP contribution < -0.4 is 10.1 Å². The predicted molar refractivity (Wildman–Crippen MR) is 78.4 cm³/mol. The summed E-state index contributed by atoms with van der Waals surface area (Å²) < 4.78 is 4.93. The van der Waals surface area contributed by atoms with Crippen molar-refractivity contribution >= 4 is 5.91 Å². The molecule has 21 heavy (non-hydrogen) atoms. The molecule has 110 valence electrons. The van der Waals surface area contributed by atoms with Gasteiger partial charge in [-0.1, -0.05) is 30.3 Å². The van der Waals surface area contributed by atoms with Crippen LogP contribution in [0.3, 0.4) is 0 Å². The summed E-state index contributed by atoms with van der Waals surface area (Å²) in [4.78, 5) is 12.2. The van der Waals surface area contributed by atoms with Crippen molar-refractivity contribution in [3.05, 3.63) is 59.7 Å². The Morgan fingerprint density at radius 3 is 2.52 bits per heavy atom. The smallest absolute Gasteiger partial charge is 0.251 e. The molecular formula is C16H17NO4. The molecule has 2 rings (SSSR count). The fourth-order valence-corrected chi connectivity index (χ4v) is 1.99. The highest BCUT2D eigenvalue weighted by atomic mass is 16.5. The Balaban J connectivity index is 2.15. The SMILES string of the molecule is COc1ccc(C(=O)N[C@H](CO)c2ccccc2)cc1O. The molecular weight excluding hydrogens is 270 g/mol. The Morgan fingerprint density at radius 2 is 1.95 bits per heavy atom. The van der Waals surface area contributed by atoms with Gasteiger partial charge in [0.2, 0.25) is 0 Å². The molecule has 1 atom stereocenters. The van der Waals surface area contributed by atoms with Gasteiger partial charge in [0, 0.05) is 5.56 Å². The van der Waals surface area contributed by atoms with Crippen molar-refractivity contribution in [2.45, 2.75) is 6.04 Å². The molecule has 0 spiro atoms. The van der Waals surface area contributed by atoms with Crippen LogP contribution >= 0.6 is 0 Å². The number of methoxy groups -OCH3 is 1. The monoisotopic (exact) mass is 287 g/mol. The van der Waals surface area contributed by atoms with Gasteiger partial charge in [0.05, 0.1) is 19.8 Å². The molecule has 5 heteroatoms. The summed E-state index contributed by atoms with van der Waals surface area (Å²) in [7, 11) is 1.44. The first-order valence-corrected chi connectivity index (χ1v) is 6.49. The number of nitrogens with one attached hydrogen (secondary N) is 1. The molecule has 0 aromatic heterocycles. The number of ether oxygens (including phenoxy) is 1. The third-order valence-electron chi connectivity index (χ3n) is 3.13. The van der Waals surface area contributed by atoms with E-state index in [1.54, 1.807) is 6.07 Å². The van der Waals surface area contributed by atoms with Crippen molar-refractivity contribution in [3.63, 3.8) is 0 Å². The van der Waals surface area contributed by atoms with Crippen LogP contribution in [0.4, 0.5) is 0 Å². The van der Waals surface area contributed by atoms with Crippen molar-refractivity contribution in [1.82, 2.24) is 5.32 Å². The molecule has 2 aromatic carbocycles. The summed E-state index contributed by atoms with van der Waals surface area (Å²) in [5, 5.41) is 21.8. The van der Waals surface area contributed by atoms with Crippen molar-refractivity contribution in [1.29, 1.82) is 0 Å².